The summed E-state index contributed by atoms with van der Waals surface area (Å²) in [6, 6.07) is 0. The van der Waals surface area contributed by atoms with E-state index in [1.54, 1.807) is 0 Å². The van der Waals surface area contributed by atoms with Crippen molar-refractivity contribution in [3.05, 3.63) is 0 Å². The van der Waals surface area contributed by atoms with Crippen molar-refractivity contribution in [1.82, 2.24) is 0 Å². The first-order valence-electron chi connectivity index (χ1n) is 3.70. The molecule has 0 saturated carbocycles. The third-order valence-corrected chi connectivity index (χ3v) is 1.78. The highest BCUT2D eigenvalue weighted by molar-refractivity contribution is 5.72. The van der Waals surface area contributed by atoms with Crippen molar-refractivity contribution in [2.75, 3.05) is 6.61 Å². The fourth-order valence-electron chi connectivity index (χ4n) is 1.16. The molecule has 0 radical (unpaired) electrons. The number of carbonyl (C=O) groups is 1. The van der Waals surface area contributed by atoms with Gasteiger partial charge in [-0.05, 0) is 19.3 Å². The van der Waals surface area contributed by atoms with Gasteiger partial charge in [0, 0.05) is 6.61 Å². The molecule has 0 aromatic heterocycles. The molecule has 2 unspecified atom stereocenters. The van der Waals surface area contributed by atoms with E-state index in [1.165, 1.54) is 0 Å². The number of hydrogen-bond acceptors (Lipinski definition) is 2. The lowest BCUT2D eigenvalue weighted by Gasteiger charge is -2.23. The lowest BCUT2D eigenvalue weighted by atomic mass is 10.1. The second-order valence-electron chi connectivity index (χ2n) is 2.65. The molecule has 1 heterocycles. The molecule has 4 heteroatoms. The maximum Gasteiger partial charge on any atom is 0.341 e. The zero-order valence-corrected chi connectivity index (χ0v) is 6.12. The Labute approximate surface area is 64.2 Å². The van der Waals surface area contributed by atoms with Crippen molar-refractivity contribution in [2.24, 2.45) is 0 Å². The molecule has 1 N–H and O–H groups in total. The Morgan fingerprint density at radius 1 is 1.64 bits per heavy atom. The number of halogens is 1. The van der Waals surface area contributed by atoms with Crippen LogP contribution < -0.4 is 0 Å². The van der Waals surface area contributed by atoms with Crippen LogP contribution in [0.4, 0.5) is 4.39 Å². The summed E-state index contributed by atoms with van der Waals surface area (Å²) in [4.78, 5) is 10.1. The molecule has 0 aliphatic carbocycles. The molecule has 11 heavy (non-hydrogen) atoms. The van der Waals surface area contributed by atoms with Gasteiger partial charge in [-0.25, -0.2) is 9.18 Å². The second-order valence-corrected chi connectivity index (χ2v) is 2.65. The van der Waals surface area contributed by atoms with E-state index in [4.69, 9.17) is 9.84 Å². The SMILES string of the molecule is O=C(O)C(F)C1CCCCO1. The summed E-state index contributed by atoms with van der Waals surface area (Å²) in [5.74, 6) is -1.42. The largest absolute Gasteiger partial charge is 0.479 e. The summed E-state index contributed by atoms with van der Waals surface area (Å²) < 4.78 is 17.6. The van der Waals surface area contributed by atoms with E-state index in [0.717, 1.165) is 12.8 Å². The molecule has 1 rings (SSSR count). The van der Waals surface area contributed by atoms with Crippen molar-refractivity contribution in [2.45, 2.75) is 31.5 Å². The van der Waals surface area contributed by atoms with Crippen molar-refractivity contribution < 1.29 is 19.0 Å². The predicted molar refractivity (Wildman–Crippen MR) is 36.1 cm³/mol. The van der Waals surface area contributed by atoms with Gasteiger partial charge in [0.2, 0.25) is 6.17 Å². The van der Waals surface area contributed by atoms with Gasteiger partial charge >= 0.3 is 5.97 Å². The first kappa shape index (κ1) is 8.46. The number of hydrogen-bond donors (Lipinski definition) is 1. The van der Waals surface area contributed by atoms with Gasteiger partial charge in [0.05, 0.1) is 6.10 Å². The number of aliphatic carboxylic acids is 1. The van der Waals surface area contributed by atoms with E-state index < -0.39 is 18.2 Å². The molecular formula is C7H11FO3. The van der Waals surface area contributed by atoms with Crippen molar-refractivity contribution in [3.8, 4) is 0 Å². The normalized spacial score (nSPS) is 27.9. The Morgan fingerprint density at radius 2 is 2.36 bits per heavy atom. The van der Waals surface area contributed by atoms with Crippen molar-refractivity contribution >= 4 is 5.97 Å². The Morgan fingerprint density at radius 3 is 2.82 bits per heavy atom. The van der Waals surface area contributed by atoms with Crippen LogP contribution in [0.5, 0.6) is 0 Å². The minimum absolute atomic E-state index is 0.484. The first-order valence-corrected chi connectivity index (χ1v) is 3.70. The van der Waals surface area contributed by atoms with Crippen LogP contribution >= 0.6 is 0 Å². The van der Waals surface area contributed by atoms with Gasteiger partial charge in [-0.1, -0.05) is 0 Å². The minimum atomic E-state index is -1.85. The van der Waals surface area contributed by atoms with Crippen LogP contribution in [0.3, 0.4) is 0 Å². The average molecular weight is 162 g/mol. The van der Waals surface area contributed by atoms with Gasteiger partial charge in [0.15, 0.2) is 0 Å². The monoisotopic (exact) mass is 162 g/mol. The van der Waals surface area contributed by atoms with Gasteiger partial charge in [0.25, 0.3) is 0 Å². The summed E-state index contributed by atoms with van der Waals surface area (Å²) in [5.41, 5.74) is 0. The van der Waals surface area contributed by atoms with Crippen molar-refractivity contribution in [3.63, 3.8) is 0 Å². The lowest BCUT2D eigenvalue weighted by molar-refractivity contribution is -0.150. The molecule has 64 valence electrons. The molecule has 0 aromatic carbocycles. The van der Waals surface area contributed by atoms with E-state index in [9.17, 15) is 9.18 Å². The molecular weight excluding hydrogens is 151 g/mol. The molecule has 1 aliphatic rings. The van der Waals surface area contributed by atoms with Gasteiger partial charge in [-0.2, -0.15) is 0 Å². The quantitative estimate of drug-likeness (QED) is 0.658. The Bertz CT molecular complexity index is 143. The number of rotatable bonds is 2. The van der Waals surface area contributed by atoms with Crippen molar-refractivity contribution in [1.29, 1.82) is 0 Å². The van der Waals surface area contributed by atoms with Crippen LogP contribution in [0.25, 0.3) is 0 Å². The van der Waals surface area contributed by atoms with E-state index in [2.05, 4.69) is 0 Å². The molecule has 0 amide bonds. The summed E-state index contributed by atoms with van der Waals surface area (Å²) in [6.45, 7) is 0.484. The van der Waals surface area contributed by atoms with E-state index >= 15 is 0 Å². The third kappa shape index (κ3) is 2.15. The number of alkyl halides is 1. The van der Waals surface area contributed by atoms with Crippen LogP contribution in [0.1, 0.15) is 19.3 Å². The number of carboxylic acids is 1. The Hall–Kier alpha value is -0.640. The summed E-state index contributed by atoms with van der Waals surface area (Å²) >= 11 is 0. The lowest BCUT2D eigenvalue weighted by Crippen LogP contribution is -2.34. The minimum Gasteiger partial charge on any atom is -0.479 e. The molecule has 2 atom stereocenters. The zero-order valence-electron chi connectivity index (χ0n) is 6.12. The molecule has 1 saturated heterocycles. The highest BCUT2D eigenvalue weighted by Crippen LogP contribution is 2.17. The highest BCUT2D eigenvalue weighted by Gasteiger charge is 2.29. The van der Waals surface area contributed by atoms with E-state index in [0.29, 0.717) is 13.0 Å². The van der Waals surface area contributed by atoms with Gasteiger partial charge in [-0.3, -0.25) is 0 Å². The van der Waals surface area contributed by atoms with Crippen LogP contribution in [0, 0.1) is 0 Å². The number of carboxylic acid groups (broad SMARTS) is 1. The van der Waals surface area contributed by atoms with Gasteiger partial charge in [0.1, 0.15) is 0 Å². The zero-order chi connectivity index (χ0) is 8.27. The van der Waals surface area contributed by atoms with E-state index in [-0.39, 0.29) is 0 Å². The van der Waals surface area contributed by atoms with Crippen LogP contribution in [0.2, 0.25) is 0 Å². The molecule has 1 aliphatic heterocycles. The predicted octanol–water partition coefficient (Wildman–Crippen LogP) is 0.978. The van der Waals surface area contributed by atoms with Gasteiger partial charge in [-0.15, -0.1) is 0 Å². The average Bonchev–Trinajstić information content (AvgIpc) is 2.05. The first-order chi connectivity index (χ1) is 5.22. The topological polar surface area (TPSA) is 46.5 Å². The summed E-state index contributed by atoms with van der Waals surface area (Å²) in [7, 11) is 0. The van der Waals surface area contributed by atoms with Crippen LogP contribution in [-0.2, 0) is 9.53 Å². The van der Waals surface area contributed by atoms with Crippen LogP contribution in [0.15, 0.2) is 0 Å². The number of ether oxygens (including phenoxy) is 1. The fraction of sp³-hybridized carbons (Fsp3) is 0.857. The highest BCUT2D eigenvalue weighted by atomic mass is 19.1. The Kier molecular flexibility index (Phi) is 2.82. The smallest absolute Gasteiger partial charge is 0.341 e. The van der Waals surface area contributed by atoms with Crippen LogP contribution in [-0.4, -0.2) is 30.0 Å². The van der Waals surface area contributed by atoms with E-state index in [1.807, 2.05) is 0 Å². The molecule has 1 fully saturated rings. The third-order valence-electron chi connectivity index (χ3n) is 1.78. The fourth-order valence-corrected chi connectivity index (χ4v) is 1.16. The standard InChI is InChI=1S/C7H11FO3/c8-6(7(9)10)5-3-1-2-4-11-5/h5-6H,1-4H2,(H,9,10). The maximum atomic E-state index is 12.7. The second kappa shape index (κ2) is 3.67. The maximum absolute atomic E-state index is 12.7. The Balaban J connectivity index is 2.38. The molecule has 3 nitrogen and oxygen atoms in total. The van der Waals surface area contributed by atoms with Gasteiger partial charge < -0.3 is 9.84 Å². The molecule has 0 bridgehead atoms. The molecule has 0 aromatic rings. The summed E-state index contributed by atoms with van der Waals surface area (Å²) in [6.07, 6.45) is -0.286. The molecule has 0 spiro atoms. The summed E-state index contributed by atoms with van der Waals surface area (Å²) in [5, 5.41) is 8.28.